The lowest BCUT2D eigenvalue weighted by Crippen LogP contribution is -2.12. The van der Waals surface area contributed by atoms with Crippen molar-refractivity contribution in [2.45, 2.75) is 6.54 Å². The Bertz CT molecular complexity index is 1370. The number of aromatic nitrogens is 2. The molecule has 3 aromatic carbocycles. The highest BCUT2D eigenvalue weighted by molar-refractivity contribution is 6.05. The lowest BCUT2D eigenvalue weighted by atomic mass is 10.1. The van der Waals surface area contributed by atoms with Gasteiger partial charge in [0.1, 0.15) is 12.1 Å². The summed E-state index contributed by atoms with van der Waals surface area (Å²) in [6.07, 6.45) is 1.33. The van der Waals surface area contributed by atoms with Crippen LogP contribution >= 0.6 is 0 Å². The number of benzene rings is 3. The minimum absolute atomic E-state index is 0.114. The van der Waals surface area contributed by atoms with Gasteiger partial charge < -0.3 is 25.2 Å². The number of anilines is 2. The second-order valence-corrected chi connectivity index (χ2v) is 7.31. The van der Waals surface area contributed by atoms with Crippen LogP contribution in [0, 0.1) is 0 Å². The van der Waals surface area contributed by atoms with Crippen LogP contribution in [0.3, 0.4) is 0 Å². The second-order valence-electron chi connectivity index (χ2n) is 7.31. The minimum Gasteiger partial charge on any atom is -0.493 e. The van der Waals surface area contributed by atoms with Crippen LogP contribution in [0.2, 0.25) is 0 Å². The van der Waals surface area contributed by atoms with Crippen LogP contribution in [-0.2, 0) is 6.54 Å². The molecule has 0 fully saturated rings. The molecule has 4 aromatic rings. The lowest BCUT2D eigenvalue weighted by molar-refractivity contribution is 0.0698. The largest absolute Gasteiger partial charge is 0.493 e. The molecule has 0 aliphatic carbocycles. The molecular formula is C25H22N4O5. The maximum absolute atomic E-state index is 12.7. The number of nitrogens with one attached hydrogen (secondary N) is 2. The Morgan fingerprint density at radius 3 is 2.50 bits per heavy atom. The molecule has 0 aliphatic rings. The van der Waals surface area contributed by atoms with E-state index in [0.29, 0.717) is 46.0 Å². The summed E-state index contributed by atoms with van der Waals surface area (Å²) in [7, 11) is 3.05. The van der Waals surface area contributed by atoms with Crippen molar-refractivity contribution in [3.8, 4) is 11.5 Å². The van der Waals surface area contributed by atoms with E-state index in [1.165, 1.54) is 26.6 Å². The first kappa shape index (κ1) is 22.5. The van der Waals surface area contributed by atoms with Crippen molar-refractivity contribution in [2.75, 3.05) is 24.9 Å². The molecule has 1 heterocycles. The standard InChI is InChI=1S/C25H22N4O5/c1-33-20-10-9-16(12-21(20)34-2)24(30)29-17-6-3-5-15(11-17)13-26-23-18-7-4-8-19(25(31)32)22(18)27-14-28-23/h3-12,14H,13H2,1-2H3,(H,29,30)(H,31,32)(H,26,27,28). The molecule has 0 saturated heterocycles. The monoisotopic (exact) mass is 458 g/mol. The van der Waals surface area contributed by atoms with Crippen molar-refractivity contribution >= 4 is 34.3 Å². The molecule has 172 valence electrons. The summed E-state index contributed by atoms with van der Waals surface area (Å²) in [6, 6.07) is 17.3. The first-order chi connectivity index (χ1) is 16.5. The van der Waals surface area contributed by atoms with Crippen LogP contribution in [0.4, 0.5) is 11.5 Å². The molecule has 9 nitrogen and oxygen atoms in total. The van der Waals surface area contributed by atoms with E-state index in [1.807, 2.05) is 18.2 Å². The molecule has 4 rings (SSSR count). The summed E-state index contributed by atoms with van der Waals surface area (Å²) in [5.74, 6) is 0.200. The summed E-state index contributed by atoms with van der Waals surface area (Å²) in [4.78, 5) is 32.6. The maximum Gasteiger partial charge on any atom is 0.337 e. The fourth-order valence-corrected chi connectivity index (χ4v) is 3.53. The van der Waals surface area contributed by atoms with Gasteiger partial charge in [-0.15, -0.1) is 0 Å². The quantitative estimate of drug-likeness (QED) is 0.359. The number of para-hydroxylation sites is 1. The highest BCUT2D eigenvalue weighted by atomic mass is 16.5. The van der Waals surface area contributed by atoms with E-state index in [1.54, 1.807) is 36.4 Å². The van der Waals surface area contributed by atoms with Gasteiger partial charge in [-0.3, -0.25) is 4.79 Å². The number of ether oxygens (including phenoxy) is 2. The predicted octanol–water partition coefficient (Wildman–Crippen LogP) is 4.21. The van der Waals surface area contributed by atoms with Gasteiger partial charge in [0.05, 0.1) is 25.3 Å². The Labute approximate surface area is 195 Å². The average Bonchev–Trinajstić information content (AvgIpc) is 2.86. The number of carbonyl (C=O) groups excluding carboxylic acids is 1. The molecule has 0 unspecified atom stereocenters. The molecular weight excluding hydrogens is 436 g/mol. The Hall–Kier alpha value is -4.66. The van der Waals surface area contributed by atoms with Crippen molar-refractivity contribution in [1.82, 2.24) is 9.97 Å². The Balaban J connectivity index is 1.49. The molecule has 0 aliphatic heterocycles. The number of fused-ring (bicyclic) bond motifs is 1. The number of hydrogen-bond donors (Lipinski definition) is 3. The zero-order valence-electron chi connectivity index (χ0n) is 18.5. The number of carboxylic acid groups (broad SMARTS) is 1. The number of nitrogens with zero attached hydrogens (tertiary/aromatic N) is 2. The molecule has 0 saturated carbocycles. The summed E-state index contributed by atoms with van der Waals surface area (Å²) in [5, 5.41) is 16.1. The van der Waals surface area contributed by atoms with Crippen molar-refractivity contribution < 1.29 is 24.2 Å². The van der Waals surface area contributed by atoms with Crippen molar-refractivity contribution in [3.05, 3.63) is 83.7 Å². The van der Waals surface area contributed by atoms with E-state index < -0.39 is 5.97 Å². The minimum atomic E-state index is -1.05. The van der Waals surface area contributed by atoms with Gasteiger partial charge >= 0.3 is 5.97 Å². The third kappa shape index (κ3) is 4.73. The number of amides is 1. The third-order valence-corrected chi connectivity index (χ3v) is 5.19. The van der Waals surface area contributed by atoms with Gasteiger partial charge in [-0.25, -0.2) is 14.8 Å². The molecule has 1 amide bonds. The van der Waals surface area contributed by atoms with Crippen LogP contribution < -0.4 is 20.1 Å². The fourth-order valence-electron chi connectivity index (χ4n) is 3.53. The second kappa shape index (κ2) is 9.86. The van der Waals surface area contributed by atoms with Gasteiger partial charge in [-0.05, 0) is 48.0 Å². The molecule has 3 N–H and O–H groups in total. The number of carboxylic acids is 1. The highest BCUT2D eigenvalue weighted by Gasteiger charge is 2.13. The topological polar surface area (TPSA) is 123 Å². The van der Waals surface area contributed by atoms with Crippen molar-refractivity contribution in [2.24, 2.45) is 0 Å². The maximum atomic E-state index is 12.7. The van der Waals surface area contributed by atoms with Gasteiger partial charge in [0, 0.05) is 23.2 Å². The van der Waals surface area contributed by atoms with Crippen molar-refractivity contribution in [1.29, 1.82) is 0 Å². The number of carbonyl (C=O) groups is 2. The number of rotatable bonds is 8. The molecule has 1 aromatic heterocycles. The molecule has 0 spiro atoms. The summed E-state index contributed by atoms with van der Waals surface area (Å²) < 4.78 is 10.5. The molecule has 34 heavy (non-hydrogen) atoms. The highest BCUT2D eigenvalue weighted by Crippen LogP contribution is 2.28. The summed E-state index contributed by atoms with van der Waals surface area (Å²) in [6.45, 7) is 0.406. The third-order valence-electron chi connectivity index (χ3n) is 5.19. The number of hydrogen-bond acceptors (Lipinski definition) is 7. The molecule has 0 bridgehead atoms. The lowest BCUT2D eigenvalue weighted by Gasteiger charge is -2.12. The Morgan fingerprint density at radius 2 is 1.74 bits per heavy atom. The van der Waals surface area contributed by atoms with Crippen LogP contribution in [0.5, 0.6) is 11.5 Å². The summed E-state index contributed by atoms with van der Waals surface area (Å²) in [5.41, 5.74) is 2.43. The van der Waals surface area contributed by atoms with Crippen LogP contribution in [-0.4, -0.2) is 41.2 Å². The number of methoxy groups -OCH3 is 2. The fraction of sp³-hybridized carbons (Fsp3) is 0.120. The van der Waals surface area contributed by atoms with E-state index in [2.05, 4.69) is 20.6 Å². The zero-order chi connectivity index (χ0) is 24.1. The average molecular weight is 458 g/mol. The van der Waals surface area contributed by atoms with E-state index in [9.17, 15) is 14.7 Å². The van der Waals surface area contributed by atoms with E-state index in [-0.39, 0.29) is 11.5 Å². The van der Waals surface area contributed by atoms with Crippen LogP contribution in [0.15, 0.2) is 67.0 Å². The Morgan fingerprint density at radius 1 is 0.941 bits per heavy atom. The number of aromatic carboxylic acids is 1. The zero-order valence-corrected chi connectivity index (χ0v) is 18.5. The first-order valence-electron chi connectivity index (χ1n) is 10.3. The van der Waals surface area contributed by atoms with E-state index >= 15 is 0 Å². The van der Waals surface area contributed by atoms with Crippen LogP contribution in [0.1, 0.15) is 26.3 Å². The first-order valence-corrected chi connectivity index (χ1v) is 10.3. The van der Waals surface area contributed by atoms with Crippen LogP contribution in [0.25, 0.3) is 10.9 Å². The van der Waals surface area contributed by atoms with E-state index in [4.69, 9.17) is 9.47 Å². The molecule has 0 radical (unpaired) electrons. The SMILES string of the molecule is COc1ccc(C(=O)Nc2cccc(CNc3ncnc4c(C(=O)O)cccc34)c2)cc1OC. The van der Waals surface area contributed by atoms with Gasteiger partial charge in [0.15, 0.2) is 11.5 Å². The van der Waals surface area contributed by atoms with Gasteiger partial charge in [-0.1, -0.05) is 18.2 Å². The smallest absolute Gasteiger partial charge is 0.337 e. The van der Waals surface area contributed by atoms with Gasteiger partial charge in [0.2, 0.25) is 0 Å². The molecule has 0 atom stereocenters. The normalized spacial score (nSPS) is 10.5. The summed E-state index contributed by atoms with van der Waals surface area (Å²) >= 11 is 0. The molecule has 9 heteroatoms. The van der Waals surface area contributed by atoms with Gasteiger partial charge in [-0.2, -0.15) is 0 Å². The predicted molar refractivity (Wildman–Crippen MR) is 128 cm³/mol. The van der Waals surface area contributed by atoms with Crippen molar-refractivity contribution in [3.63, 3.8) is 0 Å². The van der Waals surface area contributed by atoms with E-state index in [0.717, 1.165) is 5.56 Å². The van der Waals surface area contributed by atoms with Gasteiger partial charge in [0.25, 0.3) is 5.91 Å². The Kier molecular flexibility index (Phi) is 6.54.